The number of piperazine rings is 1. The van der Waals surface area contributed by atoms with Gasteiger partial charge in [0, 0.05) is 11.4 Å². The maximum atomic E-state index is 12.3. The second-order valence-electron chi connectivity index (χ2n) is 5.06. The van der Waals surface area contributed by atoms with Gasteiger partial charge in [0.25, 0.3) is 0 Å². The van der Waals surface area contributed by atoms with Gasteiger partial charge in [0.05, 0.1) is 19.1 Å². The third-order valence-electron chi connectivity index (χ3n) is 3.53. The minimum absolute atomic E-state index is 0.0240. The zero-order chi connectivity index (χ0) is 15.6. The molecule has 1 heterocycles. The molecule has 1 atom stereocenters. The lowest BCUT2D eigenvalue weighted by atomic mass is 10.1. The summed E-state index contributed by atoms with van der Waals surface area (Å²) in [6.45, 7) is 3.52. The number of rotatable bonds is 3. The first-order valence-corrected chi connectivity index (χ1v) is 6.61. The van der Waals surface area contributed by atoms with Crippen molar-refractivity contribution in [1.29, 1.82) is 0 Å². The molecule has 3 amide bonds. The van der Waals surface area contributed by atoms with Crippen molar-refractivity contribution in [1.82, 2.24) is 10.2 Å². The molecule has 4 N–H and O–H groups in total. The van der Waals surface area contributed by atoms with E-state index >= 15 is 0 Å². The van der Waals surface area contributed by atoms with Crippen molar-refractivity contribution in [2.45, 2.75) is 19.9 Å². The maximum Gasteiger partial charge on any atom is 0.241 e. The lowest BCUT2D eigenvalue weighted by molar-refractivity contribution is -0.138. The molecule has 1 aliphatic heterocycles. The lowest BCUT2D eigenvalue weighted by Crippen LogP contribution is -2.56. The number of hydrogen-bond donors (Lipinski definition) is 3. The summed E-state index contributed by atoms with van der Waals surface area (Å²) in [5.41, 5.74) is 7.79. The molecule has 0 saturated carbocycles. The minimum Gasteiger partial charge on any atom is -0.398 e. The van der Waals surface area contributed by atoms with Gasteiger partial charge in [-0.2, -0.15) is 0 Å². The number of benzene rings is 1. The molecule has 1 unspecified atom stereocenters. The Bertz CT molecular complexity index is 584. The van der Waals surface area contributed by atoms with E-state index in [1.807, 2.05) is 6.92 Å². The van der Waals surface area contributed by atoms with E-state index in [9.17, 15) is 14.4 Å². The molecule has 1 aliphatic rings. The molecule has 7 nitrogen and oxygen atoms in total. The van der Waals surface area contributed by atoms with Crippen molar-refractivity contribution in [3.05, 3.63) is 23.8 Å². The van der Waals surface area contributed by atoms with Crippen molar-refractivity contribution in [2.24, 2.45) is 0 Å². The molecule has 7 heteroatoms. The van der Waals surface area contributed by atoms with Gasteiger partial charge in [-0.3, -0.25) is 24.6 Å². The normalized spacial score (nSPS) is 17.2. The van der Waals surface area contributed by atoms with E-state index in [1.54, 1.807) is 25.1 Å². The Kier molecular flexibility index (Phi) is 4.23. The fourth-order valence-corrected chi connectivity index (χ4v) is 2.13. The number of nitrogens with one attached hydrogen (secondary N) is 2. The zero-order valence-electron chi connectivity index (χ0n) is 12.0. The molecule has 1 aromatic rings. The summed E-state index contributed by atoms with van der Waals surface area (Å²) < 4.78 is 0. The van der Waals surface area contributed by atoms with Crippen LogP contribution >= 0.6 is 0 Å². The number of amides is 3. The van der Waals surface area contributed by atoms with Crippen LogP contribution in [-0.4, -0.2) is 41.8 Å². The van der Waals surface area contributed by atoms with Crippen molar-refractivity contribution in [3.63, 3.8) is 0 Å². The molecule has 0 spiro atoms. The van der Waals surface area contributed by atoms with E-state index in [1.165, 1.54) is 4.90 Å². The number of nitrogen functional groups attached to an aromatic ring is 1. The largest absolute Gasteiger partial charge is 0.398 e. The van der Waals surface area contributed by atoms with E-state index in [0.717, 1.165) is 5.56 Å². The molecule has 0 bridgehead atoms. The number of carbonyl (C=O) groups is 3. The monoisotopic (exact) mass is 290 g/mol. The Hall–Kier alpha value is -2.41. The van der Waals surface area contributed by atoms with Crippen LogP contribution in [0.3, 0.4) is 0 Å². The molecule has 1 fully saturated rings. The van der Waals surface area contributed by atoms with Gasteiger partial charge >= 0.3 is 0 Å². The van der Waals surface area contributed by atoms with Gasteiger partial charge in [0.15, 0.2) is 0 Å². The van der Waals surface area contributed by atoms with Gasteiger partial charge in [0.2, 0.25) is 17.7 Å². The van der Waals surface area contributed by atoms with Gasteiger partial charge in [-0.05, 0) is 31.5 Å². The molecule has 0 aliphatic carbocycles. The number of carbonyl (C=O) groups excluding carboxylic acids is 3. The summed E-state index contributed by atoms with van der Waals surface area (Å²) in [5.74, 6) is -1.08. The molecule has 0 radical (unpaired) electrons. The smallest absolute Gasteiger partial charge is 0.241 e. The molecule has 21 heavy (non-hydrogen) atoms. The van der Waals surface area contributed by atoms with Crippen LogP contribution in [0.1, 0.15) is 12.5 Å². The Morgan fingerprint density at radius 2 is 1.95 bits per heavy atom. The van der Waals surface area contributed by atoms with Crippen LogP contribution in [0.4, 0.5) is 11.4 Å². The van der Waals surface area contributed by atoms with Crippen LogP contribution in [0.25, 0.3) is 0 Å². The molecular weight excluding hydrogens is 272 g/mol. The van der Waals surface area contributed by atoms with Crippen molar-refractivity contribution in [2.75, 3.05) is 24.1 Å². The molecule has 1 saturated heterocycles. The van der Waals surface area contributed by atoms with Gasteiger partial charge in [-0.25, -0.2) is 0 Å². The summed E-state index contributed by atoms with van der Waals surface area (Å²) in [5, 5.41) is 4.98. The maximum absolute atomic E-state index is 12.3. The van der Waals surface area contributed by atoms with E-state index in [4.69, 9.17) is 5.73 Å². The van der Waals surface area contributed by atoms with Crippen molar-refractivity contribution >= 4 is 29.1 Å². The van der Waals surface area contributed by atoms with Crippen molar-refractivity contribution in [3.8, 4) is 0 Å². The molecule has 112 valence electrons. The second kappa shape index (κ2) is 5.92. The van der Waals surface area contributed by atoms with Crippen LogP contribution < -0.4 is 16.4 Å². The number of nitrogens with two attached hydrogens (primary N) is 1. The molecule has 2 rings (SSSR count). The van der Waals surface area contributed by atoms with Crippen LogP contribution in [0.15, 0.2) is 18.2 Å². The van der Waals surface area contributed by atoms with Crippen LogP contribution in [-0.2, 0) is 14.4 Å². The first kappa shape index (κ1) is 15.0. The third-order valence-corrected chi connectivity index (χ3v) is 3.53. The quantitative estimate of drug-likeness (QED) is 0.531. The van der Waals surface area contributed by atoms with Crippen LogP contribution in [0, 0.1) is 6.92 Å². The summed E-state index contributed by atoms with van der Waals surface area (Å²) >= 11 is 0. The third kappa shape index (κ3) is 3.38. The van der Waals surface area contributed by atoms with E-state index in [2.05, 4.69) is 10.6 Å². The summed E-state index contributed by atoms with van der Waals surface area (Å²) in [7, 11) is 0. The van der Waals surface area contributed by atoms with E-state index in [0.29, 0.717) is 11.4 Å². The lowest BCUT2D eigenvalue weighted by Gasteiger charge is -2.30. The van der Waals surface area contributed by atoms with Gasteiger partial charge < -0.3 is 11.1 Å². The Morgan fingerprint density at radius 3 is 2.57 bits per heavy atom. The van der Waals surface area contributed by atoms with E-state index < -0.39 is 17.9 Å². The Morgan fingerprint density at radius 1 is 1.33 bits per heavy atom. The van der Waals surface area contributed by atoms with Gasteiger partial charge in [0.1, 0.15) is 0 Å². The van der Waals surface area contributed by atoms with Crippen LogP contribution in [0.5, 0.6) is 0 Å². The molecule has 0 aromatic heterocycles. The summed E-state index contributed by atoms with van der Waals surface area (Å²) in [6, 6.07) is 4.66. The first-order valence-electron chi connectivity index (χ1n) is 6.61. The fourth-order valence-electron chi connectivity index (χ4n) is 2.13. The Labute approximate surface area is 122 Å². The summed E-state index contributed by atoms with van der Waals surface area (Å²) in [6.07, 6.45) is 0. The number of hydrogen-bond acceptors (Lipinski definition) is 5. The number of nitrogens with zero attached hydrogens (tertiary/aromatic N) is 1. The highest BCUT2D eigenvalue weighted by molar-refractivity contribution is 6.01. The topological polar surface area (TPSA) is 105 Å². The minimum atomic E-state index is -0.596. The highest BCUT2D eigenvalue weighted by Gasteiger charge is 2.29. The average Bonchev–Trinajstić information content (AvgIpc) is 2.42. The SMILES string of the molecule is Cc1c(N)cccc1NC(=O)C(C)N1CC(=O)NC(=O)C1. The van der Waals surface area contributed by atoms with Gasteiger partial charge in [-0.1, -0.05) is 6.07 Å². The Balaban J connectivity index is 2.07. The van der Waals surface area contributed by atoms with Crippen LogP contribution in [0.2, 0.25) is 0 Å². The van der Waals surface area contributed by atoms with Crippen molar-refractivity contribution < 1.29 is 14.4 Å². The fraction of sp³-hybridized carbons (Fsp3) is 0.357. The van der Waals surface area contributed by atoms with E-state index in [-0.39, 0.29) is 19.0 Å². The highest BCUT2D eigenvalue weighted by atomic mass is 16.2. The number of imide groups is 1. The predicted molar refractivity (Wildman–Crippen MR) is 78.4 cm³/mol. The van der Waals surface area contributed by atoms with Gasteiger partial charge in [-0.15, -0.1) is 0 Å². The number of anilines is 2. The second-order valence-corrected chi connectivity index (χ2v) is 5.06. The average molecular weight is 290 g/mol. The summed E-state index contributed by atoms with van der Waals surface area (Å²) in [4.78, 5) is 36.5. The molecular formula is C14H18N4O3. The predicted octanol–water partition coefficient (Wildman–Crippen LogP) is -0.137. The first-order chi connectivity index (χ1) is 9.88. The standard InChI is InChI=1S/C14H18N4O3/c1-8-10(15)4-3-5-11(8)16-14(21)9(2)18-6-12(19)17-13(20)7-18/h3-5,9H,6-7,15H2,1-2H3,(H,16,21)(H,17,19,20). The zero-order valence-corrected chi connectivity index (χ0v) is 12.0. The molecule has 1 aromatic carbocycles. The highest BCUT2D eigenvalue weighted by Crippen LogP contribution is 2.21.